The van der Waals surface area contributed by atoms with Crippen molar-refractivity contribution in [3.05, 3.63) is 34.8 Å². The standard InChI is InChI=1S/C13H16BrF3O3SSi/c1-5-6-22(3,4)11-8-9(2)7-10(14)12(11)20-21(18,19)13(15,16)17/h5,7-8H,1,6H2,2-4H3. The van der Waals surface area contributed by atoms with Gasteiger partial charge in [0.2, 0.25) is 0 Å². The summed E-state index contributed by atoms with van der Waals surface area (Å²) in [5.41, 5.74) is -4.68. The van der Waals surface area contributed by atoms with E-state index in [1.807, 2.05) is 13.1 Å². The SMILES string of the molecule is C=CC[Si](C)(C)c1cc(C)cc(Br)c1OS(=O)(=O)C(F)(F)F. The molecule has 3 nitrogen and oxygen atoms in total. The van der Waals surface area contributed by atoms with Crippen LogP contribution >= 0.6 is 15.9 Å². The molecule has 0 aromatic heterocycles. The van der Waals surface area contributed by atoms with Crippen LogP contribution in [0.2, 0.25) is 19.1 Å². The number of allylic oxidation sites excluding steroid dienone is 1. The van der Waals surface area contributed by atoms with Crippen LogP contribution in [0.4, 0.5) is 13.2 Å². The topological polar surface area (TPSA) is 43.4 Å². The second-order valence-corrected chi connectivity index (χ2v) is 12.6. The van der Waals surface area contributed by atoms with Crippen molar-refractivity contribution in [3.63, 3.8) is 0 Å². The Bertz CT molecular complexity index is 685. The first-order valence-corrected chi connectivity index (χ1v) is 11.6. The first-order valence-electron chi connectivity index (χ1n) is 6.24. The minimum atomic E-state index is -5.72. The Morgan fingerprint density at radius 2 is 1.91 bits per heavy atom. The summed E-state index contributed by atoms with van der Waals surface area (Å²) in [6.07, 6.45) is 1.67. The normalized spacial score (nSPS) is 13.0. The molecule has 0 amide bonds. The summed E-state index contributed by atoms with van der Waals surface area (Å²) in [6, 6.07) is 3.76. The van der Waals surface area contributed by atoms with E-state index < -0.39 is 23.7 Å². The van der Waals surface area contributed by atoms with Crippen LogP contribution in [0.5, 0.6) is 5.75 Å². The molecule has 1 aromatic rings. The zero-order valence-electron chi connectivity index (χ0n) is 12.3. The highest BCUT2D eigenvalue weighted by Crippen LogP contribution is 2.33. The van der Waals surface area contributed by atoms with E-state index in [-0.39, 0.29) is 10.2 Å². The van der Waals surface area contributed by atoms with Crippen molar-refractivity contribution in [2.75, 3.05) is 0 Å². The summed E-state index contributed by atoms with van der Waals surface area (Å²) in [5, 5.41) is 0.493. The molecule has 0 bridgehead atoms. The third-order valence-electron chi connectivity index (χ3n) is 3.05. The minimum absolute atomic E-state index is 0.181. The molecule has 1 aromatic carbocycles. The lowest BCUT2D eigenvalue weighted by atomic mass is 10.2. The fourth-order valence-electron chi connectivity index (χ4n) is 1.94. The third-order valence-corrected chi connectivity index (χ3v) is 7.73. The van der Waals surface area contributed by atoms with Crippen molar-refractivity contribution in [1.82, 2.24) is 0 Å². The molecule has 1 rings (SSSR count). The van der Waals surface area contributed by atoms with Crippen molar-refractivity contribution in [2.24, 2.45) is 0 Å². The summed E-state index contributed by atoms with van der Waals surface area (Å²) < 4.78 is 65.0. The Labute approximate surface area is 137 Å². The third kappa shape index (κ3) is 4.14. The van der Waals surface area contributed by atoms with E-state index in [1.165, 1.54) is 6.07 Å². The van der Waals surface area contributed by atoms with Gasteiger partial charge in [0.05, 0.1) is 12.5 Å². The zero-order valence-corrected chi connectivity index (χ0v) is 15.7. The maximum absolute atomic E-state index is 12.6. The van der Waals surface area contributed by atoms with Crippen LogP contribution in [0.3, 0.4) is 0 Å². The molecule has 0 saturated carbocycles. The first kappa shape index (κ1) is 19.2. The molecule has 0 aliphatic heterocycles. The molecule has 0 radical (unpaired) electrons. The maximum Gasteiger partial charge on any atom is 0.534 e. The van der Waals surface area contributed by atoms with E-state index in [2.05, 4.69) is 26.7 Å². The minimum Gasteiger partial charge on any atom is -0.375 e. The second-order valence-electron chi connectivity index (χ2n) is 5.48. The van der Waals surface area contributed by atoms with Gasteiger partial charge in [-0.3, -0.25) is 0 Å². The van der Waals surface area contributed by atoms with Gasteiger partial charge >= 0.3 is 15.6 Å². The summed E-state index contributed by atoms with van der Waals surface area (Å²) >= 11 is 3.10. The van der Waals surface area contributed by atoms with Crippen LogP contribution in [0.1, 0.15) is 5.56 Å². The Morgan fingerprint density at radius 3 is 2.36 bits per heavy atom. The molecule has 0 spiro atoms. The Balaban J connectivity index is 3.52. The van der Waals surface area contributed by atoms with E-state index in [0.29, 0.717) is 11.2 Å². The molecule has 0 aliphatic rings. The Hall–Kier alpha value is -0.803. The second kappa shape index (κ2) is 6.36. The van der Waals surface area contributed by atoms with Crippen LogP contribution in [0, 0.1) is 6.92 Å². The average molecular weight is 417 g/mol. The lowest BCUT2D eigenvalue weighted by Gasteiger charge is -2.25. The number of halogens is 4. The zero-order chi connectivity index (χ0) is 17.3. The average Bonchev–Trinajstić information content (AvgIpc) is 2.30. The van der Waals surface area contributed by atoms with Gasteiger partial charge in [-0.25, -0.2) is 0 Å². The number of rotatable bonds is 5. The first-order chi connectivity index (χ1) is 9.82. The quantitative estimate of drug-likeness (QED) is 0.314. The van der Waals surface area contributed by atoms with Crippen molar-refractivity contribution in [3.8, 4) is 5.75 Å². The highest BCUT2D eigenvalue weighted by atomic mass is 79.9. The van der Waals surface area contributed by atoms with Crippen molar-refractivity contribution in [2.45, 2.75) is 31.6 Å². The molecule has 0 saturated heterocycles. The molecule has 0 atom stereocenters. The number of benzene rings is 1. The van der Waals surface area contributed by atoms with Gasteiger partial charge in [0, 0.05) is 0 Å². The van der Waals surface area contributed by atoms with E-state index in [9.17, 15) is 21.6 Å². The molecule has 0 heterocycles. The molecule has 0 aliphatic carbocycles. The molecule has 124 valence electrons. The van der Waals surface area contributed by atoms with Gasteiger partial charge < -0.3 is 4.18 Å². The van der Waals surface area contributed by atoms with Crippen LogP contribution in [0.15, 0.2) is 29.3 Å². The van der Waals surface area contributed by atoms with Gasteiger partial charge in [0.15, 0.2) is 5.75 Å². The fraction of sp³-hybridized carbons (Fsp3) is 0.385. The smallest absolute Gasteiger partial charge is 0.375 e. The summed E-state index contributed by atoms with van der Waals surface area (Å²) in [4.78, 5) is 0. The molecule has 22 heavy (non-hydrogen) atoms. The van der Waals surface area contributed by atoms with Gasteiger partial charge in [-0.05, 0) is 45.7 Å². The number of aryl methyl sites for hydroxylation is 1. The molecule has 9 heteroatoms. The molecular formula is C13H16BrF3O3SSi. The lowest BCUT2D eigenvalue weighted by molar-refractivity contribution is -0.0499. The van der Waals surface area contributed by atoms with Crippen LogP contribution in [-0.2, 0) is 10.1 Å². The highest BCUT2D eigenvalue weighted by molar-refractivity contribution is 9.10. The van der Waals surface area contributed by atoms with Gasteiger partial charge in [-0.15, -0.1) is 6.58 Å². The summed E-state index contributed by atoms with van der Waals surface area (Å²) in [5.74, 6) is -0.290. The van der Waals surface area contributed by atoms with Crippen LogP contribution < -0.4 is 9.37 Å². The Morgan fingerprint density at radius 1 is 1.36 bits per heavy atom. The summed E-state index contributed by atoms with van der Waals surface area (Å²) in [7, 11) is -7.97. The molecular weight excluding hydrogens is 401 g/mol. The molecule has 0 N–H and O–H groups in total. The van der Waals surface area contributed by atoms with Gasteiger partial charge in [0.25, 0.3) is 0 Å². The van der Waals surface area contributed by atoms with Gasteiger partial charge in [-0.2, -0.15) is 21.6 Å². The van der Waals surface area contributed by atoms with Crippen molar-refractivity contribution < 1.29 is 25.8 Å². The molecule has 0 unspecified atom stereocenters. The molecule has 0 fully saturated rings. The number of hydrogen-bond donors (Lipinski definition) is 0. The van der Waals surface area contributed by atoms with E-state index in [0.717, 1.165) is 5.56 Å². The highest BCUT2D eigenvalue weighted by Gasteiger charge is 2.49. The summed E-state index contributed by atoms with van der Waals surface area (Å²) in [6.45, 7) is 9.23. The van der Waals surface area contributed by atoms with E-state index in [1.54, 1.807) is 19.1 Å². The predicted octanol–water partition coefficient (Wildman–Crippen LogP) is 4.09. The monoisotopic (exact) mass is 416 g/mol. The van der Waals surface area contributed by atoms with Gasteiger partial charge in [-0.1, -0.05) is 25.2 Å². The fourth-order valence-corrected chi connectivity index (χ4v) is 5.82. The number of hydrogen-bond acceptors (Lipinski definition) is 3. The van der Waals surface area contributed by atoms with Crippen molar-refractivity contribution >= 4 is 39.3 Å². The predicted molar refractivity (Wildman–Crippen MR) is 86.6 cm³/mol. The lowest BCUT2D eigenvalue weighted by Crippen LogP contribution is -2.43. The van der Waals surface area contributed by atoms with E-state index in [4.69, 9.17) is 0 Å². The maximum atomic E-state index is 12.6. The van der Waals surface area contributed by atoms with Gasteiger partial charge in [0.1, 0.15) is 0 Å². The van der Waals surface area contributed by atoms with E-state index >= 15 is 0 Å². The largest absolute Gasteiger partial charge is 0.534 e. The van der Waals surface area contributed by atoms with Crippen molar-refractivity contribution in [1.29, 1.82) is 0 Å². The van der Waals surface area contributed by atoms with Crippen LogP contribution in [-0.4, -0.2) is 22.0 Å². The Kier molecular flexibility index (Phi) is 5.57. The van der Waals surface area contributed by atoms with Crippen LogP contribution in [0.25, 0.3) is 0 Å². The number of alkyl halides is 3.